The lowest BCUT2D eigenvalue weighted by Gasteiger charge is -2.13. The van der Waals surface area contributed by atoms with Crippen molar-refractivity contribution in [1.29, 1.82) is 0 Å². The minimum absolute atomic E-state index is 0.0618. The SMILES string of the molecule is CC(=O)c1ccc(-c2cc(-c3ccc(C(C)=O)cc3)cc(-c3ccc(C(C)C)cc3)c2)cc1. The Kier molecular flexibility index (Phi) is 6.37. The molecule has 4 aromatic rings. The van der Waals surface area contributed by atoms with Crippen molar-refractivity contribution in [3.8, 4) is 33.4 Å². The smallest absolute Gasteiger partial charge is 0.159 e. The third-order valence-corrected chi connectivity index (χ3v) is 6.09. The molecule has 0 saturated heterocycles. The summed E-state index contributed by atoms with van der Waals surface area (Å²) >= 11 is 0. The van der Waals surface area contributed by atoms with E-state index in [0.29, 0.717) is 17.0 Å². The zero-order valence-electron chi connectivity index (χ0n) is 19.6. The molecule has 0 amide bonds. The van der Waals surface area contributed by atoms with Crippen molar-refractivity contribution in [2.45, 2.75) is 33.6 Å². The quantitative estimate of drug-likeness (QED) is 0.288. The normalized spacial score (nSPS) is 10.9. The van der Waals surface area contributed by atoms with Crippen molar-refractivity contribution in [2.75, 3.05) is 0 Å². The molecule has 0 atom stereocenters. The minimum atomic E-state index is 0.0618. The van der Waals surface area contributed by atoms with Crippen LogP contribution < -0.4 is 0 Å². The summed E-state index contributed by atoms with van der Waals surface area (Å²) in [5, 5.41) is 0. The molecule has 4 aromatic carbocycles. The second-order valence-corrected chi connectivity index (χ2v) is 8.84. The zero-order valence-corrected chi connectivity index (χ0v) is 19.6. The van der Waals surface area contributed by atoms with Gasteiger partial charge in [0.05, 0.1) is 0 Å². The lowest BCUT2D eigenvalue weighted by atomic mass is 9.91. The maximum Gasteiger partial charge on any atom is 0.159 e. The van der Waals surface area contributed by atoms with Crippen molar-refractivity contribution in [3.05, 3.63) is 108 Å². The molecule has 2 heteroatoms. The second-order valence-electron chi connectivity index (χ2n) is 8.84. The van der Waals surface area contributed by atoms with Crippen LogP contribution in [0.25, 0.3) is 33.4 Å². The molecule has 0 aliphatic heterocycles. The van der Waals surface area contributed by atoms with Crippen LogP contribution in [0.15, 0.2) is 91.0 Å². The Morgan fingerprint density at radius 2 is 0.788 bits per heavy atom. The molecule has 0 aliphatic rings. The van der Waals surface area contributed by atoms with Gasteiger partial charge in [0.25, 0.3) is 0 Å². The average Bonchev–Trinajstić information content (AvgIpc) is 2.84. The van der Waals surface area contributed by atoms with Gasteiger partial charge in [0, 0.05) is 11.1 Å². The van der Waals surface area contributed by atoms with Gasteiger partial charge < -0.3 is 0 Å². The summed E-state index contributed by atoms with van der Waals surface area (Å²) in [6, 6.07) is 30.8. The van der Waals surface area contributed by atoms with E-state index >= 15 is 0 Å². The Bertz CT molecular complexity index is 1220. The monoisotopic (exact) mass is 432 g/mol. The van der Waals surface area contributed by atoms with Crippen LogP contribution in [0.2, 0.25) is 0 Å². The fourth-order valence-corrected chi connectivity index (χ4v) is 3.98. The first kappa shape index (κ1) is 22.4. The predicted octanol–water partition coefficient (Wildman–Crippen LogP) is 8.22. The average molecular weight is 433 g/mol. The van der Waals surface area contributed by atoms with Crippen LogP contribution in [0, 0.1) is 0 Å². The summed E-state index contributed by atoms with van der Waals surface area (Å²) in [6.07, 6.45) is 0. The topological polar surface area (TPSA) is 34.1 Å². The number of Topliss-reactive ketones (excluding diaryl/α,β-unsaturated/α-hetero) is 2. The van der Waals surface area contributed by atoms with E-state index in [9.17, 15) is 9.59 Å². The molecule has 0 aliphatic carbocycles. The van der Waals surface area contributed by atoms with Gasteiger partial charge in [0.2, 0.25) is 0 Å². The van der Waals surface area contributed by atoms with Gasteiger partial charge in [0.1, 0.15) is 0 Å². The fraction of sp³-hybridized carbons (Fsp3) is 0.161. The van der Waals surface area contributed by atoms with E-state index < -0.39 is 0 Å². The van der Waals surface area contributed by atoms with Crippen molar-refractivity contribution < 1.29 is 9.59 Å². The first-order valence-electron chi connectivity index (χ1n) is 11.3. The van der Waals surface area contributed by atoms with Gasteiger partial charge in [-0.2, -0.15) is 0 Å². The minimum Gasteiger partial charge on any atom is -0.295 e. The summed E-state index contributed by atoms with van der Waals surface area (Å²) in [5.74, 6) is 0.610. The Hall–Kier alpha value is -3.78. The summed E-state index contributed by atoms with van der Waals surface area (Å²) in [6.45, 7) is 7.56. The van der Waals surface area contributed by atoms with Gasteiger partial charge in [-0.05, 0) is 76.9 Å². The molecule has 0 aromatic heterocycles. The van der Waals surface area contributed by atoms with Crippen molar-refractivity contribution >= 4 is 11.6 Å². The number of carbonyl (C=O) groups is 2. The Balaban J connectivity index is 1.83. The summed E-state index contributed by atoms with van der Waals surface area (Å²) in [7, 11) is 0. The van der Waals surface area contributed by atoms with Gasteiger partial charge in [-0.1, -0.05) is 86.6 Å². The molecule has 0 fully saturated rings. The van der Waals surface area contributed by atoms with Crippen molar-refractivity contribution in [3.63, 3.8) is 0 Å². The molecular formula is C31H28O2. The van der Waals surface area contributed by atoms with Crippen LogP contribution in [-0.2, 0) is 0 Å². The van der Waals surface area contributed by atoms with Crippen LogP contribution in [0.3, 0.4) is 0 Å². The third-order valence-electron chi connectivity index (χ3n) is 6.09. The van der Waals surface area contributed by atoms with E-state index in [-0.39, 0.29) is 11.6 Å². The molecule has 0 spiro atoms. The van der Waals surface area contributed by atoms with Crippen LogP contribution >= 0.6 is 0 Å². The number of hydrogen-bond donors (Lipinski definition) is 0. The lowest BCUT2D eigenvalue weighted by Crippen LogP contribution is -1.92. The third kappa shape index (κ3) is 5.01. The standard InChI is InChI=1S/C31H28O2/c1-20(2)23-5-11-26(12-6-23)29-17-30(27-13-7-24(8-14-27)21(3)32)19-31(18-29)28-15-9-25(10-16-28)22(4)33/h5-20H,1-4H3. The molecule has 33 heavy (non-hydrogen) atoms. The van der Waals surface area contributed by atoms with Gasteiger partial charge in [-0.3, -0.25) is 9.59 Å². The number of hydrogen-bond acceptors (Lipinski definition) is 2. The maximum absolute atomic E-state index is 11.7. The maximum atomic E-state index is 11.7. The molecule has 0 saturated carbocycles. The van der Waals surface area contributed by atoms with Gasteiger partial charge >= 0.3 is 0 Å². The molecular weight excluding hydrogens is 404 g/mol. The Morgan fingerprint density at radius 3 is 1.06 bits per heavy atom. The molecule has 2 nitrogen and oxygen atoms in total. The Labute approximate surface area is 195 Å². The highest BCUT2D eigenvalue weighted by atomic mass is 16.1. The number of ketones is 2. The van der Waals surface area contributed by atoms with E-state index in [2.05, 4.69) is 56.3 Å². The lowest BCUT2D eigenvalue weighted by molar-refractivity contribution is 0.100. The van der Waals surface area contributed by atoms with E-state index in [1.165, 1.54) is 5.56 Å². The van der Waals surface area contributed by atoms with Gasteiger partial charge in [-0.15, -0.1) is 0 Å². The highest BCUT2D eigenvalue weighted by Gasteiger charge is 2.10. The molecule has 0 unspecified atom stereocenters. The highest BCUT2D eigenvalue weighted by Crippen LogP contribution is 2.34. The van der Waals surface area contributed by atoms with E-state index in [0.717, 1.165) is 33.4 Å². The fourth-order valence-electron chi connectivity index (χ4n) is 3.98. The van der Waals surface area contributed by atoms with Crippen LogP contribution in [0.5, 0.6) is 0 Å². The highest BCUT2D eigenvalue weighted by molar-refractivity contribution is 5.95. The zero-order chi connectivity index (χ0) is 23.5. The van der Waals surface area contributed by atoms with Gasteiger partial charge in [-0.25, -0.2) is 0 Å². The summed E-state index contributed by atoms with van der Waals surface area (Å²) in [4.78, 5) is 23.4. The van der Waals surface area contributed by atoms with Crippen LogP contribution in [-0.4, -0.2) is 11.6 Å². The number of carbonyl (C=O) groups excluding carboxylic acids is 2. The first-order valence-corrected chi connectivity index (χ1v) is 11.3. The van der Waals surface area contributed by atoms with E-state index in [4.69, 9.17) is 0 Å². The van der Waals surface area contributed by atoms with Crippen molar-refractivity contribution in [1.82, 2.24) is 0 Å². The largest absolute Gasteiger partial charge is 0.295 e. The van der Waals surface area contributed by atoms with Crippen LogP contribution in [0.4, 0.5) is 0 Å². The summed E-state index contributed by atoms with van der Waals surface area (Å²) < 4.78 is 0. The molecule has 0 N–H and O–H groups in total. The van der Waals surface area contributed by atoms with E-state index in [1.54, 1.807) is 13.8 Å². The second kappa shape index (κ2) is 9.38. The number of rotatable bonds is 6. The molecule has 4 rings (SSSR count). The predicted molar refractivity (Wildman–Crippen MR) is 137 cm³/mol. The first-order chi connectivity index (χ1) is 15.8. The number of benzene rings is 4. The molecule has 0 radical (unpaired) electrons. The molecule has 0 heterocycles. The summed E-state index contributed by atoms with van der Waals surface area (Å²) in [5.41, 5.74) is 9.30. The van der Waals surface area contributed by atoms with E-state index in [1.807, 2.05) is 48.5 Å². The van der Waals surface area contributed by atoms with Gasteiger partial charge in [0.15, 0.2) is 11.6 Å². The Morgan fingerprint density at radius 1 is 0.485 bits per heavy atom. The van der Waals surface area contributed by atoms with Crippen LogP contribution in [0.1, 0.15) is 59.9 Å². The van der Waals surface area contributed by atoms with Crippen molar-refractivity contribution in [2.24, 2.45) is 0 Å². The molecule has 164 valence electrons. The molecule has 0 bridgehead atoms.